The van der Waals surface area contributed by atoms with Crippen LogP contribution in [0.25, 0.3) is 32.7 Å². The molecule has 3 heterocycles. The predicted octanol–water partition coefficient (Wildman–Crippen LogP) is 4.37. The molecule has 0 aliphatic heterocycles. The molecule has 0 saturated carbocycles. The summed E-state index contributed by atoms with van der Waals surface area (Å²) in [7, 11) is 0. The number of rotatable bonds is 5. The fourth-order valence-corrected chi connectivity index (χ4v) is 3.96. The summed E-state index contributed by atoms with van der Waals surface area (Å²) in [4.78, 5) is 35.9. The van der Waals surface area contributed by atoms with Crippen molar-refractivity contribution < 1.29 is 9.59 Å². The number of carbonyl (C=O) groups is 2. The molecule has 0 atom stereocenters. The number of carbonyl (C=O) groups excluding carboxylic acids is 2. The first-order valence-corrected chi connectivity index (χ1v) is 9.87. The quantitative estimate of drug-likeness (QED) is 0.385. The molecule has 2 aromatic carbocycles. The summed E-state index contributed by atoms with van der Waals surface area (Å²) in [6.07, 6.45) is 2.67. The minimum absolute atomic E-state index is 0.181. The molecule has 0 bridgehead atoms. The van der Waals surface area contributed by atoms with Crippen LogP contribution in [0.15, 0.2) is 60.8 Å². The van der Waals surface area contributed by atoms with Gasteiger partial charge in [0.2, 0.25) is 0 Å². The number of ketones is 1. The van der Waals surface area contributed by atoms with Crippen molar-refractivity contribution in [1.82, 2.24) is 20.3 Å². The van der Waals surface area contributed by atoms with E-state index in [-0.39, 0.29) is 23.1 Å². The molecule has 0 aliphatic carbocycles. The topological polar surface area (TPSA) is 90.6 Å². The molecule has 0 aliphatic rings. The predicted molar refractivity (Wildman–Crippen MR) is 118 cm³/mol. The maximum absolute atomic E-state index is 12.8. The monoisotopic (exact) mass is 396 g/mol. The van der Waals surface area contributed by atoms with Crippen LogP contribution in [0, 0.1) is 0 Å². The molecule has 148 valence electrons. The standard InChI is InChI=1S/C24H20N4O2/c1-14(29)22-23-18(17-7-3-5-9-20(17)27-23)12-21(28-22)24(30)25-11-10-15-13-26-19-8-4-2-6-16(15)19/h2-9,12-13,26-27H,10-11H2,1H3,(H,25,30). The van der Waals surface area contributed by atoms with E-state index < -0.39 is 0 Å². The molecular weight excluding hydrogens is 376 g/mol. The second-order valence-corrected chi connectivity index (χ2v) is 7.37. The number of fused-ring (bicyclic) bond motifs is 4. The Morgan fingerprint density at radius 2 is 1.70 bits per heavy atom. The fraction of sp³-hybridized carbons (Fsp3) is 0.125. The van der Waals surface area contributed by atoms with Crippen LogP contribution < -0.4 is 5.32 Å². The van der Waals surface area contributed by atoms with Gasteiger partial charge >= 0.3 is 0 Å². The number of nitrogens with one attached hydrogen (secondary N) is 3. The van der Waals surface area contributed by atoms with E-state index in [0.29, 0.717) is 18.5 Å². The van der Waals surface area contributed by atoms with Gasteiger partial charge in [0, 0.05) is 46.9 Å². The molecule has 3 N–H and O–H groups in total. The van der Waals surface area contributed by atoms with Gasteiger partial charge in [0.1, 0.15) is 11.4 Å². The zero-order chi connectivity index (χ0) is 20.7. The lowest BCUT2D eigenvalue weighted by Gasteiger charge is -2.07. The van der Waals surface area contributed by atoms with Gasteiger partial charge in [-0.15, -0.1) is 0 Å². The van der Waals surface area contributed by atoms with Crippen molar-refractivity contribution in [3.8, 4) is 0 Å². The van der Waals surface area contributed by atoms with Crippen LogP contribution in [0.4, 0.5) is 0 Å². The Hall–Kier alpha value is -3.93. The van der Waals surface area contributed by atoms with E-state index in [1.165, 1.54) is 6.92 Å². The summed E-state index contributed by atoms with van der Waals surface area (Å²) in [5.41, 5.74) is 4.33. The Morgan fingerprint density at radius 3 is 2.50 bits per heavy atom. The first-order valence-electron chi connectivity index (χ1n) is 9.87. The number of hydrogen-bond donors (Lipinski definition) is 3. The van der Waals surface area contributed by atoms with Gasteiger partial charge in [0.25, 0.3) is 5.91 Å². The SMILES string of the molecule is CC(=O)c1nc(C(=O)NCCc2c[nH]c3ccccc23)cc2c1[nH]c1ccccc12. The van der Waals surface area contributed by atoms with E-state index in [0.717, 1.165) is 32.8 Å². The van der Waals surface area contributed by atoms with Gasteiger partial charge in [-0.25, -0.2) is 4.98 Å². The van der Waals surface area contributed by atoms with Gasteiger partial charge < -0.3 is 15.3 Å². The number of para-hydroxylation sites is 2. The van der Waals surface area contributed by atoms with Crippen LogP contribution in [0.3, 0.4) is 0 Å². The molecular formula is C24H20N4O2. The van der Waals surface area contributed by atoms with Gasteiger partial charge in [0.15, 0.2) is 5.78 Å². The highest BCUT2D eigenvalue weighted by atomic mass is 16.2. The number of pyridine rings is 1. The molecule has 0 unspecified atom stereocenters. The maximum Gasteiger partial charge on any atom is 0.269 e. The fourth-order valence-electron chi connectivity index (χ4n) is 3.96. The van der Waals surface area contributed by atoms with Crippen LogP contribution in [0.2, 0.25) is 0 Å². The summed E-state index contributed by atoms with van der Waals surface area (Å²) in [5, 5.41) is 5.88. The van der Waals surface area contributed by atoms with Crippen molar-refractivity contribution in [3.05, 3.63) is 77.7 Å². The summed E-state index contributed by atoms with van der Waals surface area (Å²) in [6, 6.07) is 17.6. The van der Waals surface area contributed by atoms with Crippen molar-refractivity contribution in [2.24, 2.45) is 0 Å². The van der Waals surface area contributed by atoms with E-state index in [1.807, 2.05) is 48.7 Å². The molecule has 6 heteroatoms. The molecule has 3 aromatic heterocycles. The first-order chi connectivity index (χ1) is 14.6. The Bertz CT molecular complexity index is 1430. The van der Waals surface area contributed by atoms with Crippen molar-refractivity contribution in [2.45, 2.75) is 13.3 Å². The number of H-pyrrole nitrogens is 2. The highest BCUT2D eigenvalue weighted by molar-refractivity contribution is 6.15. The zero-order valence-corrected chi connectivity index (χ0v) is 16.5. The van der Waals surface area contributed by atoms with Crippen LogP contribution in [0.5, 0.6) is 0 Å². The molecule has 5 aromatic rings. The number of Topliss-reactive ketones (excluding diaryl/α,β-unsaturated/α-hetero) is 1. The lowest BCUT2D eigenvalue weighted by Crippen LogP contribution is -2.27. The summed E-state index contributed by atoms with van der Waals surface area (Å²) in [5.74, 6) is -0.468. The van der Waals surface area contributed by atoms with Gasteiger partial charge in [-0.05, 0) is 30.2 Å². The lowest BCUT2D eigenvalue weighted by molar-refractivity contribution is 0.0949. The molecule has 6 nitrogen and oxygen atoms in total. The normalized spacial score (nSPS) is 11.4. The van der Waals surface area contributed by atoms with Gasteiger partial charge in [0.05, 0.1) is 5.52 Å². The Labute approximate surface area is 172 Å². The lowest BCUT2D eigenvalue weighted by atomic mass is 10.1. The minimum atomic E-state index is -0.287. The van der Waals surface area contributed by atoms with E-state index in [2.05, 4.69) is 26.3 Å². The second-order valence-electron chi connectivity index (χ2n) is 7.37. The van der Waals surface area contributed by atoms with Crippen molar-refractivity contribution in [1.29, 1.82) is 0 Å². The minimum Gasteiger partial charge on any atom is -0.361 e. The zero-order valence-electron chi connectivity index (χ0n) is 16.5. The summed E-state index contributed by atoms with van der Waals surface area (Å²) >= 11 is 0. The molecule has 1 amide bonds. The van der Waals surface area contributed by atoms with Gasteiger partial charge in [-0.1, -0.05) is 36.4 Å². The first kappa shape index (κ1) is 18.1. The van der Waals surface area contributed by atoms with E-state index in [1.54, 1.807) is 6.07 Å². The molecule has 5 rings (SSSR count). The third-order valence-corrected chi connectivity index (χ3v) is 5.42. The van der Waals surface area contributed by atoms with Crippen molar-refractivity contribution in [3.63, 3.8) is 0 Å². The number of hydrogen-bond acceptors (Lipinski definition) is 3. The average Bonchev–Trinajstić information content (AvgIpc) is 3.34. The third kappa shape index (κ3) is 3.03. The van der Waals surface area contributed by atoms with E-state index in [4.69, 9.17) is 0 Å². The van der Waals surface area contributed by atoms with Gasteiger partial charge in [-0.2, -0.15) is 0 Å². The molecule has 0 spiro atoms. The maximum atomic E-state index is 12.8. The number of nitrogens with zero attached hydrogens (tertiary/aromatic N) is 1. The number of aromatic amines is 2. The van der Waals surface area contributed by atoms with E-state index >= 15 is 0 Å². The Kier molecular flexibility index (Phi) is 4.32. The number of amides is 1. The largest absolute Gasteiger partial charge is 0.361 e. The highest BCUT2D eigenvalue weighted by Crippen LogP contribution is 2.28. The smallest absolute Gasteiger partial charge is 0.269 e. The van der Waals surface area contributed by atoms with Crippen molar-refractivity contribution in [2.75, 3.05) is 6.54 Å². The number of aromatic nitrogens is 3. The third-order valence-electron chi connectivity index (χ3n) is 5.42. The molecule has 30 heavy (non-hydrogen) atoms. The molecule has 0 saturated heterocycles. The van der Waals surface area contributed by atoms with Gasteiger partial charge in [-0.3, -0.25) is 9.59 Å². The van der Waals surface area contributed by atoms with Crippen LogP contribution in [-0.4, -0.2) is 33.2 Å². The second kappa shape index (κ2) is 7.15. The van der Waals surface area contributed by atoms with E-state index in [9.17, 15) is 9.59 Å². The highest BCUT2D eigenvalue weighted by Gasteiger charge is 2.18. The molecule has 0 radical (unpaired) electrons. The summed E-state index contributed by atoms with van der Waals surface area (Å²) in [6.45, 7) is 1.94. The van der Waals surface area contributed by atoms with Crippen LogP contribution in [-0.2, 0) is 6.42 Å². The molecule has 0 fully saturated rings. The van der Waals surface area contributed by atoms with Crippen LogP contribution >= 0.6 is 0 Å². The van der Waals surface area contributed by atoms with Crippen LogP contribution in [0.1, 0.15) is 33.5 Å². The average molecular weight is 396 g/mol. The summed E-state index contributed by atoms with van der Waals surface area (Å²) < 4.78 is 0. The number of benzene rings is 2. The Morgan fingerprint density at radius 1 is 0.967 bits per heavy atom. The Balaban J connectivity index is 1.43. The van der Waals surface area contributed by atoms with Crippen molar-refractivity contribution >= 4 is 44.4 Å².